The third kappa shape index (κ3) is 4.58. The van der Waals surface area contributed by atoms with Crippen molar-refractivity contribution in [2.24, 2.45) is 0 Å². The van der Waals surface area contributed by atoms with Crippen LogP contribution in [0, 0.1) is 6.92 Å². The predicted octanol–water partition coefficient (Wildman–Crippen LogP) is 4.63. The van der Waals surface area contributed by atoms with Gasteiger partial charge in [0.2, 0.25) is 0 Å². The summed E-state index contributed by atoms with van der Waals surface area (Å²) in [5.41, 5.74) is 4.28. The lowest BCUT2D eigenvalue weighted by molar-refractivity contribution is 0.102. The molecule has 1 saturated heterocycles. The summed E-state index contributed by atoms with van der Waals surface area (Å²) in [5, 5.41) is 4.26. The Labute approximate surface area is 207 Å². The van der Waals surface area contributed by atoms with Gasteiger partial charge in [0.1, 0.15) is 0 Å². The summed E-state index contributed by atoms with van der Waals surface area (Å²) in [6, 6.07) is 15.7. The molecule has 10 heteroatoms. The Bertz CT molecular complexity index is 1550. The Morgan fingerprint density at radius 1 is 1.09 bits per heavy atom. The highest BCUT2D eigenvalue weighted by Crippen LogP contribution is 2.33. The minimum Gasteiger partial charge on any atom is -0.362 e. The molecule has 4 aromatic rings. The van der Waals surface area contributed by atoms with E-state index in [2.05, 4.69) is 15.3 Å². The number of sulfonamides is 1. The minimum absolute atomic E-state index is 0.235. The van der Waals surface area contributed by atoms with Gasteiger partial charge in [-0.25, -0.2) is 8.42 Å². The minimum atomic E-state index is -3.54. The summed E-state index contributed by atoms with van der Waals surface area (Å²) in [4.78, 5) is 21.9. The summed E-state index contributed by atoms with van der Waals surface area (Å²) in [5.74, 6) is -0.672. The second-order valence-electron chi connectivity index (χ2n) is 8.09. The zero-order valence-corrected chi connectivity index (χ0v) is 20.3. The van der Waals surface area contributed by atoms with Crippen molar-refractivity contribution in [3.8, 4) is 11.3 Å². The van der Waals surface area contributed by atoms with E-state index in [0.717, 1.165) is 10.9 Å². The molecule has 3 heterocycles. The van der Waals surface area contributed by atoms with Crippen molar-refractivity contribution in [2.75, 3.05) is 28.7 Å². The van der Waals surface area contributed by atoms with Gasteiger partial charge in [-0.2, -0.15) is 0 Å². The number of nitrogens with one attached hydrogen (secondary N) is 1. The van der Waals surface area contributed by atoms with Gasteiger partial charge in [-0.05, 0) is 67.1 Å². The highest BCUT2D eigenvalue weighted by Gasteiger charge is 2.27. The van der Waals surface area contributed by atoms with E-state index in [1.807, 2.05) is 18.2 Å². The maximum atomic E-state index is 13.1. The molecule has 1 aliphatic heterocycles. The zero-order valence-electron chi connectivity index (χ0n) is 18.7. The van der Waals surface area contributed by atoms with Gasteiger partial charge in [0.05, 0.1) is 35.1 Å². The van der Waals surface area contributed by atoms with E-state index in [-0.39, 0.29) is 18.4 Å². The van der Waals surface area contributed by atoms with Crippen LogP contribution in [0.3, 0.4) is 0 Å². The summed E-state index contributed by atoms with van der Waals surface area (Å²) >= 11 is 6.49. The van der Waals surface area contributed by atoms with Crippen molar-refractivity contribution in [2.45, 2.75) is 6.92 Å². The molecule has 0 radical (unpaired) electrons. The molecule has 0 bridgehead atoms. The summed E-state index contributed by atoms with van der Waals surface area (Å²) < 4.78 is 31.0. The Morgan fingerprint density at radius 3 is 2.74 bits per heavy atom. The van der Waals surface area contributed by atoms with Gasteiger partial charge in [0.25, 0.3) is 15.9 Å². The number of benzene rings is 2. The fraction of sp³-hybridized carbons (Fsp3) is 0.160. The van der Waals surface area contributed by atoms with Crippen LogP contribution in [0.2, 0.25) is 5.02 Å². The lowest BCUT2D eigenvalue weighted by atomic mass is 10.0. The molecule has 178 valence electrons. The van der Waals surface area contributed by atoms with Crippen LogP contribution in [0.25, 0.3) is 22.2 Å². The predicted molar refractivity (Wildman–Crippen MR) is 136 cm³/mol. The van der Waals surface area contributed by atoms with Gasteiger partial charge in [-0.1, -0.05) is 11.6 Å². The number of aryl methyl sites for hydroxylation is 1. The lowest BCUT2D eigenvalue weighted by Crippen LogP contribution is -2.41. The van der Waals surface area contributed by atoms with E-state index in [1.165, 1.54) is 4.31 Å². The van der Waals surface area contributed by atoms with Crippen LogP contribution in [0.1, 0.15) is 15.9 Å². The van der Waals surface area contributed by atoms with Crippen LogP contribution in [0.15, 0.2) is 67.0 Å². The molecule has 2 aromatic carbocycles. The second-order valence-corrected chi connectivity index (χ2v) is 10.3. The van der Waals surface area contributed by atoms with Crippen molar-refractivity contribution in [3.63, 3.8) is 0 Å². The fourth-order valence-corrected chi connectivity index (χ4v) is 5.51. The van der Waals surface area contributed by atoms with E-state index in [9.17, 15) is 13.2 Å². The third-order valence-corrected chi connectivity index (χ3v) is 7.62. The number of fused-ring (bicyclic) bond motifs is 1. The first kappa shape index (κ1) is 23.2. The molecule has 0 spiro atoms. The number of nitrogens with zero attached hydrogens (tertiary/aromatic N) is 3. The number of aromatic nitrogens is 2. The van der Waals surface area contributed by atoms with Gasteiger partial charge in [-0.3, -0.25) is 19.1 Å². The van der Waals surface area contributed by atoms with Gasteiger partial charge >= 0.3 is 0 Å². The smallest absolute Gasteiger partial charge is 0.259 e. The van der Waals surface area contributed by atoms with Crippen LogP contribution in [0.5, 0.6) is 0 Å². The van der Waals surface area contributed by atoms with E-state index < -0.39 is 10.0 Å². The summed E-state index contributed by atoms with van der Waals surface area (Å²) in [7, 11) is -3.54. The number of hydrogen-bond acceptors (Lipinski definition) is 6. The largest absolute Gasteiger partial charge is 0.362 e. The summed E-state index contributed by atoms with van der Waals surface area (Å²) in [6.45, 7) is 2.32. The van der Waals surface area contributed by atoms with Gasteiger partial charge in [0, 0.05) is 34.6 Å². The first-order valence-electron chi connectivity index (χ1n) is 10.8. The van der Waals surface area contributed by atoms with Crippen molar-refractivity contribution >= 4 is 49.8 Å². The Morgan fingerprint density at radius 2 is 1.94 bits per heavy atom. The fourth-order valence-electron chi connectivity index (χ4n) is 4.06. The molecular weight excluding hydrogens is 488 g/mol. The number of amides is 1. The molecule has 1 amide bonds. The first-order valence-corrected chi connectivity index (χ1v) is 12.8. The van der Waals surface area contributed by atoms with Gasteiger partial charge in [-0.15, -0.1) is 0 Å². The molecule has 0 aliphatic carbocycles. The van der Waals surface area contributed by atoms with Crippen LogP contribution in [-0.2, 0) is 14.8 Å². The number of hydrogen-bond donors (Lipinski definition) is 1. The number of rotatable bonds is 4. The van der Waals surface area contributed by atoms with Gasteiger partial charge in [0.15, 0.2) is 5.94 Å². The maximum absolute atomic E-state index is 13.1. The molecule has 1 aliphatic rings. The van der Waals surface area contributed by atoms with Crippen molar-refractivity contribution in [1.82, 2.24) is 9.97 Å². The molecule has 1 N–H and O–H groups in total. The average molecular weight is 509 g/mol. The third-order valence-electron chi connectivity index (χ3n) is 5.76. The van der Waals surface area contributed by atoms with Crippen LogP contribution >= 0.6 is 11.6 Å². The van der Waals surface area contributed by atoms with E-state index in [4.69, 9.17) is 16.3 Å². The van der Waals surface area contributed by atoms with Crippen molar-refractivity contribution in [3.05, 3.63) is 83.1 Å². The quantitative estimate of drug-likeness (QED) is 0.431. The molecule has 0 atom stereocenters. The number of carbonyl (C=O) groups excluding carboxylic acids is 1. The molecular formula is C25H21ClN4O4S. The number of ether oxygens (including phenoxy) is 1. The number of pyridine rings is 2. The monoisotopic (exact) mass is 508 g/mol. The molecule has 2 aromatic heterocycles. The normalized spacial score (nSPS) is 15.2. The number of anilines is 2. The number of halogens is 1. The Hall–Kier alpha value is -3.53. The Kier molecular flexibility index (Phi) is 6.14. The van der Waals surface area contributed by atoms with Gasteiger partial charge < -0.3 is 10.1 Å². The van der Waals surface area contributed by atoms with Crippen LogP contribution in [-0.4, -0.2) is 43.4 Å². The molecule has 5 rings (SSSR count). The highest BCUT2D eigenvalue weighted by molar-refractivity contribution is 7.92. The summed E-state index contributed by atoms with van der Waals surface area (Å²) in [6.07, 6.45) is 3.39. The first-order chi connectivity index (χ1) is 16.8. The second kappa shape index (κ2) is 9.26. The van der Waals surface area contributed by atoms with Crippen molar-refractivity contribution < 1.29 is 17.9 Å². The van der Waals surface area contributed by atoms with E-state index >= 15 is 0 Å². The van der Waals surface area contributed by atoms with E-state index in [0.29, 0.717) is 45.4 Å². The van der Waals surface area contributed by atoms with E-state index in [1.54, 1.807) is 55.7 Å². The zero-order chi connectivity index (χ0) is 24.6. The molecule has 1 fully saturated rings. The number of carbonyl (C=O) groups is 1. The standard InChI is InChI=1S/C25H21ClN4O4S/c1-16-13-18(30-11-12-34-15-35(30,32)33)5-6-19(16)25(31)29-17-4-7-22(26)21(14-17)24-20-3-2-9-27-23(20)8-10-28-24/h2-10,13-14H,11-12,15H2,1H3,(H,29,31). The van der Waals surface area contributed by atoms with Crippen LogP contribution < -0.4 is 9.62 Å². The van der Waals surface area contributed by atoms with Crippen molar-refractivity contribution in [1.29, 1.82) is 0 Å². The lowest BCUT2D eigenvalue weighted by Gasteiger charge is -2.28. The SMILES string of the molecule is Cc1cc(N2CCOCS2(=O)=O)ccc1C(=O)Nc1ccc(Cl)c(-c2nccc3ncccc23)c1. The average Bonchev–Trinajstić information content (AvgIpc) is 2.84. The molecule has 0 unspecified atom stereocenters. The maximum Gasteiger partial charge on any atom is 0.259 e. The highest BCUT2D eigenvalue weighted by atomic mass is 35.5. The van der Waals surface area contributed by atoms with Crippen LogP contribution in [0.4, 0.5) is 11.4 Å². The Balaban J connectivity index is 1.43. The topological polar surface area (TPSA) is 101 Å². The molecule has 35 heavy (non-hydrogen) atoms. The molecule has 0 saturated carbocycles. The molecule has 8 nitrogen and oxygen atoms in total.